The third-order valence-electron chi connectivity index (χ3n) is 20.9. The Morgan fingerprint density at radius 1 is 0.710 bits per heavy atom. The minimum atomic E-state index is -1.47. The number of guanidine groups is 1. The zero-order chi connectivity index (χ0) is 91.8. The first-order chi connectivity index (χ1) is 59.0. The number of aliphatic carboxylic acids is 2. The molecule has 0 bridgehead atoms. The minimum Gasteiger partial charge on any atom is -0.508 e. The van der Waals surface area contributed by atoms with Gasteiger partial charge in [-0.25, -0.2) is 34.4 Å². The highest BCUT2D eigenvalue weighted by atomic mass is 33.1. The normalized spacial score (nSPS) is 15.0. The summed E-state index contributed by atoms with van der Waals surface area (Å²) >= 11 is 1.04. The number of carbonyl (C=O) groups is 14. The molecule has 690 valence electrons. The lowest BCUT2D eigenvalue weighted by molar-refractivity contribution is -0.162. The molecule has 40 heteroatoms. The van der Waals surface area contributed by atoms with Gasteiger partial charge >= 0.3 is 42.0 Å². The second-order valence-corrected chi connectivity index (χ2v) is 35.0. The molecule has 0 spiro atoms. The van der Waals surface area contributed by atoms with E-state index in [1.807, 2.05) is 53.5 Å². The largest absolute Gasteiger partial charge is 0.508 e. The zero-order valence-corrected chi connectivity index (χ0v) is 75.2. The predicted molar refractivity (Wildman–Crippen MR) is 472 cm³/mol. The van der Waals surface area contributed by atoms with E-state index in [4.69, 9.17) is 36.8 Å². The second-order valence-electron chi connectivity index (χ2n) is 31.5. The lowest BCUT2D eigenvalue weighted by Gasteiger charge is -2.39. The van der Waals surface area contributed by atoms with Gasteiger partial charge in [-0.1, -0.05) is 132 Å². The number of aromatic hydroxyl groups is 1. The molecule has 124 heavy (non-hydrogen) atoms. The molecule has 1 saturated heterocycles. The maximum atomic E-state index is 15.1. The number of carboxylic acids is 2. The number of aliphatic imine (C=N–C) groups is 1. The third-order valence-corrected chi connectivity index (χ3v) is 24.3. The Bertz CT molecular complexity index is 3970. The number of unbranched alkanes of at least 4 members (excludes halogenated alkanes) is 3. The molecular formula is C84H131N17O20S3. The first-order valence-corrected chi connectivity index (χ1v) is 45.9. The molecule has 37 nitrogen and oxygen atoms in total. The number of amidine groups is 1. The fourth-order valence-electron chi connectivity index (χ4n) is 13.7. The Kier molecular flexibility index (Phi) is 49.5. The zero-order valence-electron chi connectivity index (χ0n) is 72.8. The molecule has 2 aromatic carbocycles. The molecule has 1 aromatic heterocycles. The fraction of sp³-hybridized carbons (Fsp3) is 0.631. The van der Waals surface area contributed by atoms with E-state index in [1.165, 1.54) is 29.3 Å². The van der Waals surface area contributed by atoms with E-state index < -0.39 is 139 Å². The number of Topliss-reactive ketones (excluding diaryl/α,β-unsaturated/α-hetero) is 2. The van der Waals surface area contributed by atoms with Crippen molar-refractivity contribution < 1.29 is 96.7 Å². The number of nitrogens with one attached hydrogen (secondary N) is 10. The number of hydrogen-bond donors (Lipinski definition) is 16. The maximum absolute atomic E-state index is 15.1. The number of ketones is 2. The molecule has 19 N–H and O–H groups in total. The summed E-state index contributed by atoms with van der Waals surface area (Å²) in [5.74, 6) is -11.0. The smallest absolute Gasteiger partial charge is 0.426 e. The van der Waals surface area contributed by atoms with Gasteiger partial charge in [0.05, 0.1) is 24.3 Å². The summed E-state index contributed by atoms with van der Waals surface area (Å²) in [7, 11) is 4.06. The number of hydrogen-bond acceptors (Lipinski definition) is 25. The highest BCUT2D eigenvalue weighted by Crippen LogP contribution is 2.35. The van der Waals surface area contributed by atoms with Gasteiger partial charge in [0.2, 0.25) is 23.6 Å². The number of carbonyl (C=O) groups excluding carboxylic acids is 12. The van der Waals surface area contributed by atoms with E-state index in [2.05, 4.69) is 58.0 Å². The molecule has 1 fully saturated rings. The molecule has 3 aromatic rings. The van der Waals surface area contributed by atoms with Crippen LogP contribution in [0.2, 0.25) is 0 Å². The van der Waals surface area contributed by atoms with Gasteiger partial charge < -0.3 is 88.8 Å². The Morgan fingerprint density at radius 3 is 2.02 bits per heavy atom. The summed E-state index contributed by atoms with van der Waals surface area (Å²) in [6.07, 6.45) is 5.15. The van der Waals surface area contributed by atoms with E-state index >= 15 is 4.79 Å². The standard InChI is InChI=1S/C84H131N17O20S3/c1-10-13-35-91-83(117)97-63(79(112)113)24-16-18-36-90-82(116)92-47-57-29-27-56(28-30-57)43-72(106)94-62(23-14-15-26-71(85)86)68(104)44-58(22-20-37-89-81(87)88)75(109)95-65(80(114)115)49-124-123-40-39-119-84(118)99-98-74(108)53(7)41-59(42-55-31-33-60(103)34-32-55)93-76(110)64-48-122-77(96-64)70(121-54(8)102)46-67(51(4)5)101(50-120-73(107)21-11-2)78(111)61(52(6)12-3)45-69(105)66-25-17-19-38-100(66)9/h27-34,48,51-53,58-59,61-63,65-67,70,103H,10-26,35-47,49-50H2,1-9H3,(H3,85,86)(H,93,110)(H,94,106)(H,95,109)(H,98,108)(H,99,118)(H,112,113)(H,114,115)(H4,87,88,89)(H2,90,92,116)(H2,91,97,117)/t52?,53-,58+,59+,61-,62-,63-,65-,66+,67+,70+/m0/s1. The number of benzene rings is 2. The van der Waals surface area contributed by atoms with E-state index in [-0.39, 0.29) is 166 Å². The Balaban J connectivity index is 1.35. The van der Waals surface area contributed by atoms with Crippen molar-refractivity contribution in [3.63, 3.8) is 0 Å². The van der Waals surface area contributed by atoms with Crippen molar-refractivity contribution in [2.75, 3.05) is 58.1 Å². The average Bonchev–Trinajstić information content (AvgIpc) is 1.09. The van der Waals surface area contributed by atoms with Crippen LogP contribution in [0.25, 0.3) is 0 Å². The summed E-state index contributed by atoms with van der Waals surface area (Å²) in [5, 5.41) is 58.1. The minimum absolute atomic E-state index is 0.00182. The molecule has 1 aliphatic heterocycles. The van der Waals surface area contributed by atoms with Gasteiger partial charge in [0.15, 0.2) is 30.4 Å². The van der Waals surface area contributed by atoms with Crippen LogP contribution >= 0.6 is 32.9 Å². The van der Waals surface area contributed by atoms with Gasteiger partial charge in [0, 0.05) is 112 Å². The lowest BCUT2D eigenvalue weighted by Crippen LogP contribution is -2.50. The summed E-state index contributed by atoms with van der Waals surface area (Å²) in [6.45, 7) is 15.2. The number of nitrogens with zero attached hydrogens (tertiary/aromatic N) is 4. The summed E-state index contributed by atoms with van der Waals surface area (Å²) in [4.78, 5) is 199. The summed E-state index contributed by atoms with van der Waals surface area (Å²) in [5.41, 5.74) is 23.1. The molecule has 4 rings (SSSR count). The number of likely N-dealkylation sites (tertiary alicyclic amines) is 1. The van der Waals surface area contributed by atoms with Gasteiger partial charge in [-0.2, -0.15) is 0 Å². The fourth-order valence-corrected chi connectivity index (χ4v) is 16.5. The van der Waals surface area contributed by atoms with Crippen molar-refractivity contribution in [2.45, 2.75) is 252 Å². The number of rotatable bonds is 59. The third kappa shape index (κ3) is 41.4. The van der Waals surface area contributed by atoms with Crippen LogP contribution in [0, 0.1) is 35.0 Å². The quantitative estimate of drug-likeness (QED) is 0.00379. The maximum Gasteiger partial charge on any atom is 0.426 e. The summed E-state index contributed by atoms with van der Waals surface area (Å²) < 4.78 is 16.9. The van der Waals surface area contributed by atoms with Gasteiger partial charge in [0.1, 0.15) is 35.1 Å². The molecular weight excluding hydrogens is 1660 g/mol. The van der Waals surface area contributed by atoms with E-state index in [1.54, 1.807) is 43.3 Å². The van der Waals surface area contributed by atoms with Crippen molar-refractivity contribution in [1.29, 1.82) is 5.41 Å². The number of hydrazine groups is 1. The number of aromatic nitrogens is 1. The van der Waals surface area contributed by atoms with Crippen molar-refractivity contribution in [3.05, 3.63) is 81.3 Å². The first-order valence-electron chi connectivity index (χ1n) is 42.5. The van der Waals surface area contributed by atoms with E-state index in [9.17, 15) is 77.6 Å². The second kappa shape index (κ2) is 58.0. The van der Waals surface area contributed by atoms with Crippen molar-refractivity contribution in [1.82, 2.24) is 62.9 Å². The average molecular weight is 1800 g/mol. The SMILES string of the molecule is CCCCNC(=O)N[C@@H](CCCCNC(=O)NCc1ccc(CC(=O)N[C@@H](CCCCC(=N)N)C(=O)C[C@@H](CCCN=C(N)N)C(=O)N[C@@H](CSSCCOC(=O)NNC(=O)[C@@H](C)C[C@H](Cc2ccc(O)cc2)NC(=O)c2csc([C@@H](C[C@H](C(C)C)N(COC(=O)CCC)C(=O)[C@@H](CC(=O)[C@H]3CCCCN3C)C(C)CC)OC(C)=O)n2)C(=O)O)cc1)C(=O)O. The number of urea groups is 2. The topological polar surface area (TPSA) is 569 Å². The van der Waals surface area contributed by atoms with E-state index in [0.29, 0.717) is 68.2 Å². The van der Waals surface area contributed by atoms with Crippen molar-refractivity contribution in [2.24, 2.45) is 51.8 Å². The number of ether oxygens (including phenoxy) is 3. The Hall–Kier alpha value is -10.3. The molecule has 11 atom stereocenters. The highest BCUT2D eigenvalue weighted by Gasteiger charge is 2.41. The van der Waals surface area contributed by atoms with Crippen LogP contribution in [-0.4, -0.2) is 219 Å². The highest BCUT2D eigenvalue weighted by molar-refractivity contribution is 8.76. The number of likely N-dealkylation sites (N-methyl/N-ethyl adjacent to an activating group) is 1. The molecule has 0 aliphatic carbocycles. The Labute approximate surface area is 737 Å². The molecule has 10 amide bonds. The van der Waals surface area contributed by atoms with Crippen LogP contribution in [0.3, 0.4) is 0 Å². The van der Waals surface area contributed by atoms with E-state index in [0.717, 1.165) is 65.2 Å². The van der Waals surface area contributed by atoms with Crippen LogP contribution in [-0.2, 0) is 81.5 Å². The van der Waals surface area contributed by atoms with Crippen molar-refractivity contribution >= 4 is 128 Å². The number of amides is 10. The number of esters is 2. The number of carboxylic acid groups (broad SMARTS) is 2. The molecule has 1 unspecified atom stereocenters. The van der Waals surface area contributed by atoms with Crippen LogP contribution in [0.5, 0.6) is 5.75 Å². The number of phenolic OH excluding ortho intramolecular Hbond substituents is 1. The van der Waals surface area contributed by atoms with Gasteiger partial charge in [-0.05, 0) is 138 Å². The number of thiazole rings is 1. The van der Waals surface area contributed by atoms with Gasteiger partial charge in [-0.15, -0.1) is 11.3 Å². The van der Waals surface area contributed by atoms with Crippen LogP contribution in [0.1, 0.15) is 229 Å². The lowest BCUT2D eigenvalue weighted by atomic mass is 9.82. The van der Waals surface area contributed by atoms with Crippen molar-refractivity contribution in [3.8, 4) is 5.75 Å². The van der Waals surface area contributed by atoms with Gasteiger partial charge in [-0.3, -0.25) is 63.9 Å². The molecule has 2 heterocycles. The predicted octanol–water partition coefficient (Wildman–Crippen LogP) is 7.55. The number of piperidine rings is 1. The molecule has 0 radical (unpaired) electrons. The molecule has 1 aliphatic rings. The summed E-state index contributed by atoms with van der Waals surface area (Å²) in [6, 6.07) is 6.50. The number of phenols is 1. The molecule has 0 saturated carbocycles. The Morgan fingerprint density at radius 2 is 1.38 bits per heavy atom. The first kappa shape index (κ1) is 106. The number of nitrogens with two attached hydrogens (primary N) is 3. The van der Waals surface area contributed by atoms with Crippen LogP contribution in [0.15, 0.2) is 58.9 Å². The monoisotopic (exact) mass is 1790 g/mol. The van der Waals surface area contributed by atoms with Crippen LogP contribution in [0.4, 0.5) is 14.4 Å². The van der Waals surface area contributed by atoms with Gasteiger partial charge in [0.25, 0.3) is 5.91 Å². The van der Waals surface area contributed by atoms with Crippen LogP contribution < -0.4 is 65.3 Å².